The molecule has 0 spiro atoms. The SMILES string of the molecule is CC(C)(C)[Si](OCC[C@@H]1C[C@H]1CN1C(=O)c2ccccc2C1=O)(c1ccccc1)c1ccccc1. The Morgan fingerprint density at radius 3 is 1.74 bits per heavy atom. The summed E-state index contributed by atoms with van der Waals surface area (Å²) in [6.45, 7) is 8.07. The minimum atomic E-state index is -2.53. The van der Waals surface area contributed by atoms with Crippen molar-refractivity contribution in [3.05, 3.63) is 96.1 Å². The summed E-state index contributed by atoms with van der Waals surface area (Å²) in [5.74, 6) is 0.539. The quantitative estimate of drug-likeness (QED) is 0.339. The molecule has 0 bridgehead atoms. The van der Waals surface area contributed by atoms with E-state index in [0.717, 1.165) is 12.8 Å². The normalized spacial score (nSPS) is 19.7. The highest BCUT2D eigenvalue weighted by molar-refractivity contribution is 6.99. The number of carbonyl (C=O) groups excluding carboxylic acids is 2. The highest BCUT2D eigenvalue weighted by Gasteiger charge is 2.50. The molecular weight excluding hydrogens is 450 g/mol. The molecule has 1 fully saturated rings. The van der Waals surface area contributed by atoms with Crippen LogP contribution in [0.3, 0.4) is 0 Å². The molecule has 3 aromatic rings. The molecule has 1 aliphatic carbocycles. The van der Waals surface area contributed by atoms with Crippen molar-refractivity contribution < 1.29 is 14.0 Å². The summed E-state index contributed by atoms with van der Waals surface area (Å²) in [7, 11) is -2.53. The third-order valence-electron chi connectivity index (χ3n) is 7.59. The van der Waals surface area contributed by atoms with E-state index in [9.17, 15) is 9.59 Å². The first-order chi connectivity index (χ1) is 16.8. The Labute approximate surface area is 209 Å². The smallest absolute Gasteiger partial charge is 0.261 e. The topological polar surface area (TPSA) is 46.6 Å². The summed E-state index contributed by atoms with van der Waals surface area (Å²) in [6, 6.07) is 28.5. The van der Waals surface area contributed by atoms with Crippen molar-refractivity contribution >= 4 is 30.5 Å². The van der Waals surface area contributed by atoms with Crippen molar-refractivity contribution in [2.75, 3.05) is 13.2 Å². The summed E-state index contributed by atoms with van der Waals surface area (Å²) in [6.07, 6.45) is 1.98. The number of benzene rings is 3. The fourth-order valence-electron chi connectivity index (χ4n) is 5.65. The number of carbonyl (C=O) groups is 2. The lowest BCUT2D eigenvalue weighted by Gasteiger charge is -2.43. The summed E-state index contributed by atoms with van der Waals surface area (Å²) in [5.41, 5.74) is 1.06. The third kappa shape index (κ3) is 4.28. The monoisotopic (exact) mass is 483 g/mol. The zero-order chi connectivity index (χ0) is 24.6. The van der Waals surface area contributed by atoms with Crippen LogP contribution in [-0.2, 0) is 4.43 Å². The second-order valence-corrected chi connectivity index (χ2v) is 15.1. The van der Waals surface area contributed by atoms with Gasteiger partial charge in [0.25, 0.3) is 20.1 Å². The van der Waals surface area contributed by atoms with Gasteiger partial charge in [-0.25, -0.2) is 0 Å². The number of amides is 2. The number of nitrogens with zero attached hydrogens (tertiary/aromatic N) is 1. The standard InChI is InChI=1S/C30H33NO3Si/c1-30(2,3)35(24-12-6-4-7-13-24,25-14-8-5-9-15-25)34-19-18-22-20-23(22)21-31-28(32)26-16-10-11-17-27(26)29(31)33/h4-17,22-23H,18-21H2,1-3H3/t22-,23+/m1/s1. The summed E-state index contributed by atoms with van der Waals surface area (Å²) in [4.78, 5) is 26.9. The maximum Gasteiger partial charge on any atom is 0.261 e. The maximum atomic E-state index is 12.7. The minimum absolute atomic E-state index is 0.0428. The molecular formula is C30H33NO3Si. The first-order valence-corrected chi connectivity index (χ1v) is 14.4. The van der Waals surface area contributed by atoms with E-state index in [2.05, 4.69) is 81.4 Å². The Morgan fingerprint density at radius 1 is 0.771 bits per heavy atom. The van der Waals surface area contributed by atoms with Crippen molar-refractivity contribution in [2.45, 2.75) is 38.7 Å². The van der Waals surface area contributed by atoms with Crippen molar-refractivity contribution in [3.63, 3.8) is 0 Å². The van der Waals surface area contributed by atoms with Crippen LogP contribution in [0, 0.1) is 11.8 Å². The van der Waals surface area contributed by atoms with Gasteiger partial charge in [-0.1, -0.05) is 93.6 Å². The molecule has 0 aromatic heterocycles. The largest absolute Gasteiger partial charge is 0.407 e. The van der Waals surface area contributed by atoms with Crippen LogP contribution in [-0.4, -0.2) is 38.2 Å². The van der Waals surface area contributed by atoms with Gasteiger partial charge in [-0.15, -0.1) is 0 Å². The maximum absolute atomic E-state index is 12.7. The summed E-state index contributed by atoms with van der Waals surface area (Å²) < 4.78 is 7.02. The lowest BCUT2D eigenvalue weighted by molar-refractivity contribution is 0.0644. The molecule has 0 unspecified atom stereocenters. The average Bonchev–Trinajstić information content (AvgIpc) is 3.57. The molecule has 4 nitrogen and oxygen atoms in total. The van der Waals surface area contributed by atoms with Crippen LogP contribution in [0.1, 0.15) is 54.3 Å². The Balaban J connectivity index is 1.28. The molecule has 5 heteroatoms. The molecule has 0 saturated heterocycles. The zero-order valence-corrected chi connectivity index (χ0v) is 21.7. The molecule has 180 valence electrons. The molecule has 2 aliphatic rings. The number of imide groups is 1. The molecule has 1 saturated carbocycles. The first kappa shape index (κ1) is 23.7. The number of hydrogen-bond acceptors (Lipinski definition) is 3. The second-order valence-electron chi connectivity index (χ2n) is 10.8. The van der Waals surface area contributed by atoms with Gasteiger partial charge in [-0.2, -0.15) is 0 Å². The lowest BCUT2D eigenvalue weighted by atomic mass is 10.1. The van der Waals surface area contributed by atoms with Crippen molar-refractivity contribution in [2.24, 2.45) is 11.8 Å². The van der Waals surface area contributed by atoms with Crippen LogP contribution >= 0.6 is 0 Å². The van der Waals surface area contributed by atoms with Gasteiger partial charge in [0.15, 0.2) is 0 Å². The van der Waals surface area contributed by atoms with Gasteiger partial charge in [0, 0.05) is 13.2 Å². The van der Waals surface area contributed by atoms with Crippen LogP contribution < -0.4 is 10.4 Å². The fraction of sp³-hybridized carbons (Fsp3) is 0.333. The lowest BCUT2D eigenvalue weighted by Crippen LogP contribution is -2.66. The van der Waals surface area contributed by atoms with Gasteiger partial charge < -0.3 is 4.43 Å². The predicted molar refractivity (Wildman–Crippen MR) is 142 cm³/mol. The van der Waals surface area contributed by atoms with Crippen molar-refractivity contribution in [1.29, 1.82) is 0 Å². The predicted octanol–water partition coefficient (Wildman–Crippen LogP) is 4.89. The van der Waals surface area contributed by atoms with Gasteiger partial charge in [-0.05, 0) is 52.2 Å². The molecule has 5 rings (SSSR count). The van der Waals surface area contributed by atoms with Gasteiger partial charge in [0.1, 0.15) is 0 Å². The zero-order valence-electron chi connectivity index (χ0n) is 20.7. The van der Waals surface area contributed by atoms with E-state index >= 15 is 0 Å². The summed E-state index contributed by atoms with van der Waals surface area (Å²) in [5, 5.41) is 2.54. The molecule has 3 aromatic carbocycles. The summed E-state index contributed by atoms with van der Waals surface area (Å²) >= 11 is 0. The van der Waals surface area contributed by atoms with E-state index < -0.39 is 8.32 Å². The van der Waals surface area contributed by atoms with Gasteiger partial charge >= 0.3 is 0 Å². The van der Waals surface area contributed by atoms with E-state index in [0.29, 0.717) is 36.1 Å². The molecule has 2 atom stereocenters. The van der Waals surface area contributed by atoms with Crippen LogP contribution in [0.15, 0.2) is 84.9 Å². The van der Waals surface area contributed by atoms with Gasteiger partial charge in [0.05, 0.1) is 11.1 Å². The van der Waals surface area contributed by atoms with E-state index in [4.69, 9.17) is 4.43 Å². The molecule has 1 aliphatic heterocycles. The van der Waals surface area contributed by atoms with Crippen molar-refractivity contribution in [3.8, 4) is 0 Å². The second kappa shape index (κ2) is 9.21. The fourth-order valence-corrected chi connectivity index (χ4v) is 10.2. The Morgan fingerprint density at radius 2 is 1.26 bits per heavy atom. The van der Waals surface area contributed by atoms with Crippen LogP contribution in [0.4, 0.5) is 0 Å². The van der Waals surface area contributed by atoms with E-state index in [-0.39, 0.29) is 16.9 Å². The molecule has 2 amide bonds. The van der Waals surface area contributed by atoms with Crippen LogP contribution in [0.5, 0.6) is 0 Å². The van der Waals surface area contributed by atoms with Gasteiger partial charge in [0.2, 0.25) is 0 Å². The van der Waals surface area contributed by atoms with Crippen LogP contribution in [0.2, 0.25) is 5.04 Å². The molecule has 0 radical (unpaired) electrons. The highest BCUT2D eigenvalue weighted by atomic mass is 28.4. The first-order valence-electron chi connectivity index (χ1n) is 12.5. The number of hydrogen-bond donors (Lipinski definition) is 0. The van der Waals surface area contributed by atoms with E-state index in [1.54, 1.807) is 12.1 Å². The molecule has 0 N–H and O–H groups in total. The van der Waals surface area contributed by atoms with E-state index in [1.807, 2.05) is 12.1 Å². The molecule has 1 heterocycles. The van der Waals surface area contributed by atoms with E-state index in [1.165, 1.54) is 15.3 Å². The Kier molecular flexibility index (Phi) is 6.24. The highest BCUT2D eigenvalue weighted by Crippen LogP contribution is 2.44. The Bertz CT molecular complexity index is 1140. The average molecular weight is 484 g/mol. The third-order valence-corrected chi connectivity index (χ3v) is 12.6. The van der Waals surface area contributed by atoms with Crippen LogP contribution in [0.25, 0.3) is 0 Å². The Hall–Kier alpha value is -3.02. The number of rotatable bonds is 8. The number of fused-ring (bicyclic) bond motifs is 1. The van der Waals surface area contributed by atoms with Crippen molar-refractivity contribution in [1.82, 2.24) is 4.90 Å². The van der Waals surface area contributed by atoms with Gasteiger partial charge in [-0.3, -0.25) is 14.5 Å². The minimum Gasteiger partial charge on any atom is -0.407 e. The molecule has 35 heavy (non-hydrogen) atoms.